The molecule has 0 N–H and O–H groups in total. The Kier molecular flexibility index (Phi) is 15.7. The van der Waals surface area contributed by atoms with E-state index in [1.54, 1.807) is 20.8 Å². The predicted octanol–water partition coefficient (Wildman–Crippen LogP) is 3.31. The average molecular weight is 819 g/mol. The molecule has 0 aliphatic rings. The molecule has 0 bridgehead atoms. The third-order valence-electron chi connectivity index (χ3n) is 7.46. The summed E-state index contributed by atoms with van der Waals surface area (Å²) in [6, 6.07) is 0. The van der Waals surface area contributed by atoms with Gasteiger partial charge in [0, 0.05) is 20.8 Å². The third-order valence-corrected chi connectivity index (χ3v) is 7.46. The molecule has 0 aromatic heterocycles. The van der Waals surface area contributed by atoms with Gasteiger partial charge in [0.2, 0.25) is 0 Å². The average Bonchev–Trinajstić information content (AvgIpc) is 3.14. The van der Waals surface area contributed by atoms with E-state index in [-0.39, 0.29) is 18.9 Å². The SMILES string of the molecule is COC[CH-]OCCOC.Fc1c(F)c(F)c([B-](c2c(F)c(F)c(F)c(F)c2F)(c2c(F)c(F)c(F)c(F)c2F)c2c(F)c(F)c(F)c(F)c2F)c(F)c1F.[Li+]. The van der Waals surface area contributed by atoms with Crippen LogP contribution in [0.2, 0.25) is 0 Å². The van der Waals surface area contributed by atoms with Gasteiger partial charge >= 0.3 is 18.9 Å². The molecule has 0 aliphatic heterocycles. The number of rotatable bonds is 10. The van der Waals surface area contributed by atoms with Crippen molar-refractivity contribution in [2.24, 2.45) is 0 Å². The maximum Gasteiger partial charge on any atom is 1.00 e. The van der Waals surface area contributed by atoms with Crippen LogP contribution in [-0.2, 0) is 14.2 Å². The molecule has 4 rings (SSSR count). The van der Waals surface area contributed by atoms with Crippen molar-refractivity contribution in [1.82, 2.24) is 0 Å². The molecule has 55 heavy (non-hydrogen) atoms. The zero-order chi connectivity index (χ0) is 41.3. The van der Waals surface area contributed by atoms with Crippen molar-refractivity contribution in [3.63, 3.8) is 0 Å². The van der Waals surface area contributed by atoms with Gasteiger partial charge in [0.05, 0.1) is 6.61 Å². The predicted molar refractivity (Wildman–Crippen MR) is 143 cm³/mol. The van der Waals surface area contributed by atoms with Crippen LogP contribution in [0, 0.1) is 123 Å². The van der Waals surface area contributed by atoms with E-state index in [1.165, 1.54) is 0 Å². The summed E-state index contributed by atoms with van der Waals surface area (Å²) in [5.41, 5.74) is -14.3. The summed E-state index contributed by atoms with van der Waals surface area (Å²) in [6.45, 7) is 3.36. The van der Waals surface area contributed by atoms with Crippen molar-refractivity contribution in [2.75, 3.05) is 34.0 Å². The minimum absolute atomic E-state index is 0. The van der Waals surface area contributed by atoms with Crippen LogP contribution < -0.4 is 40.7 Å². The standard InChI is InChI=1S/C24BF20.C6H13O3.Li/c26-5-1(6(27)14(35)21(42)13(5)34)25(2-7(28)15(36)22(43)16(37)8(2)29,3-9(30)17(38)23(44)18(39)10(3)31)4-11(32)19(40)24(45)20(41)12(4)33;1-7-3-5-9-6-4-8-2;/h;5H,3-4,6H2,1-2H3;/q2*-1;+1. The van der Waals surface area contributed by atoms with Gasteiger partial charge in [-0.3, -0.25) is 0 Å². The van der Waals surface area contributed by atoms with Crippen molar-refractivity contribution in [3.05, 3.63) is 123 Å². The second-order valence-electron chi connectivity index (χ2n) is 10.3. The van der Waals surface area contributed by atoms with E-state index in [2.05, 4.69) is 0 Å². The molecular weight excluding hydrogens is 806 g/mol. The minimum Gasteiger partial charge on any atom is -0.548 e. The number of benzene rings is 4. The Morgan fingerprint density at radius 3 is 0.709 bits per heavy atom. The van der Waals surface area contributed by atoms with Gasteiger partial charge in [0.25, 0.3) is 0 Å². The number of ether oxygens (including phenoxy) is 3. The second kappa shape index (κ2) is 18.3. The fourth-order valence-electron chi connectivity index (χ4n) is 5.21. The Morgan fingerprint density at radius 1 is 0.327 bits per heavy atom. The van der Waals surface area contributed by atoms with Crippen LogP contribution in [0.3, 0.4) is 0 Å². The molecule has 0 heterocycles. The first-order chi connectivity index (χ1) is 25.1. The van der Waals surface area contributed by atoms with Gasteiger partial charge in [-0.15, -0.1) is 21.9 Å². The van der Waals surface area contributed by atoms with E-state index in [0.29, 0.717) is 19.8 Å². The van der Waals surface area contributed by atoms with Crippen molar-refractivity contribution in [2.45, 2.75) is 0 Å². The number of methoxy groups -OCH3 is 2. The van der Waals surface area contributed by atoms with Crippen LogP contribution in [0.4, 0.5) is 87.8 Å². The van der Waals surface area contributed by atoms with Gasteiger partial charge in [0.15, 0.2) is 69.8 Å². The number of halogens is 20. The molecule has 0 saturated carbocycles. The van der Waals surface area contributed by atoms with Crippen molar-refractivity contribution >= 4 is 28.0 Å². The molecule has 0 radical (unpaired) electrons. The smallest absolute Gasteiger partial charge is 0.548 e. The van der Waals surface area contributed by atoms with Gasteiger partial charge in [-0.1, -0.05) is 6.61 Å². The first-order valence-electron chi connectivity index (χ1n) is 13.8. The molecule has 4 aromatic carbocycles. The molecule has 0 aliphatic carbocycles. The number of hydrogen-bond acceptors (Lipinski definition) is 3. The molecule has 0 amide bonds. The maximum absolute atomic E-state index is 15.4. The summed E-state index contributed by atoms with van der Waals surface area (Å²) >= 11 is 0. The van der Waals surface area contributed by atoms with E-state index in [1.807, 2.05) is 0 Å². The Labute approximate surface area is 305 Å². The van der Waals surface area contributed by atoms with E-state index in [0.717, 1.165) is 0 Å². The maximum atomic E-state index is 15.4. The number of hydrogen-bond donors (Lipinski definition) is 0. The van der Waals surface area contributed by atoms with Gasteiger partial charge in [-0.2, -0.15) is 6.61 Å². The Balaban J connectivity index is 0.000000928. The summed E-state index contributed by atoms with van der Waals surface area (Å²) in [4.78, 5) is 0. The van der Waals surface area contributed by atoms with Crippen LogP contribution >= 0.6 is 0 Å². The zero-order valence-corrected chi connectivity index (χ0v) is 27.1. The van der Waals surface area contributed by atoms with Crippen LogP contribution in [0.1, 0.15) is 0 Å². The molecule has 0 fully saturated rings. The monoisotopic (exact) mass is 819 g/mol. The van der Waals surface area contributed by atoms with Crippen molar-refractivity contribution < 1.29 is 121 Å². The molecule has 0 atom stereocenters. The van der Waals surface area contributed by atoms with Crippen molar-refractivity contribution in [1.29, 1.82) is 0 Å². The van der Waals surface area contributed by atoms with E-state index >= 15 is 35.1 Å². The quantitative estimate of drug-likeness (QED) is 0.0615. The first kappa shape index (κ1) is 47.2. The fraction of sp³-hybridized carbons (Fsp3) is 0.167. The largest absolute Gasteiger partial charge is 1.00 e. The van der Waals surface area contributed by atoms with Gasteiger partial charge in [-0.05, 0) is 0 Å². The topological polar surface area (TPSA) is 27.7 Å². The summed E-state index contributed by atoms with van der Waals surface area (Å²) in [5.74, 6) is -71.4. The van der Waals surface area contributed by atoms with Crippen LogP contribution in [0.15, 0.2) is 0 Å². The minimum atomic E-state index is -7.22. The molecule has 0 saturated heterocycles. The van der Waals surface area contributed by atoms with Crippen LogP contribution in [0.5, 0.6) is 0 Å². The summed E-state index contributed by atoms with van der Waals surface area (Å²) in [5, 5.41) is 0. The zero-order valence-electron chi connectivity index (χ0n) is 27.1. The first-order valence-corrected chi connectivity index (χ1v) is 13.8. The Hall–Kier alpha value is -3.98. The molecule has 4 aromatic rings. The van der Waals surface area contributed by atoms with E-state index < -0.39 is 144 Å². The molecular formula is C30H13BF20LiO3-. The Bertz CT molecular complexity index is 1710. The summed E-state index contributed by atoms with van der Waals surface area (Å²) in [7, 11) is 3.26. The Morgan fingerprint density at radius 2 is 0.527 bits per heavy atom. The molecule has 25 heteroatoms. The molecule has 0 spiro atoms. The van der Waals surface area contributed by atoms with Crippen molar-refractivity contribution in [3.8, 4) is 0 Å². The molecule has 0 unspecified atom stereocenters. The summed E-state index contributed by atoms with van der Waals surface area (Å²) in [6.07, 6.45) is -7.22. The van der Waals surface area contributed by atoms with Gasteiger partial charge < -0.3 is 14.2 Å². The molecule has 3 nitrogen and oxygen atoms in total. The van der Waals surface area contributed by atoms with Crippen LogP contribution in [0.25, 0.3) is 0 Å². The normalized spacial score (nSPS) is 11.5. The third kappa shape index (κ3) is 7.75. The van der Waals surface area contributed by atoms with Crippen LogP contribution in [-0.4, -0.2) is 40.2 Å². The summed E-state index contributed by atoms with van der Waals surface area (Å²) < 4.78 is 308. The van der Waals surface area contributed by atoms with Gasteiger partial charge in [-0.25, -0.2) is 87.8 Å². The van der Waals surface area contributed by atoms with E-state index in [9.17, 15) is 52.7 Å². The van der Waals surface area contributed by atoms with Gasteiger partial charge in [0.1, 0.15) is 52.7 Å². The molecule has 296 valence electrons. The van der Waals surface area contributed by atoms with E-state index in [4.69, 9.17) is 14.2 Å². The fourth-order valence-corrected chi connectivity index (χ4v) is 5.21. The second-order valence-corrected chi connectivity index (χ2v) is 10.3.